The SMILES string of the molecule is CC(=O)O[C@H]1C[C@@]2(C)[C@@H](C[C@@H](O)[C@H]3[C@@]4(C)CC[C@@H](O[Si](C)(C)C(C)(C)C)[C@@H](C)[C@@H]4CC[C@@]32C)/C1=C(\CCC=C(C)C)C(=O)OCOC(=O)C(C)(C)C. The van der Waals surface area contributed by atoms with Gasteiger partial charge >= 0.3 is 17.9 Å². The quantitative estimate of drug-likeness (QED) is 0.0818. The highest BCUT2D eigenvalue weighted by atomic mass is 28.4. The second-order valence-electron chi connectivity index (χ2n) is 20.4. The van der Waals surface area contributed by atoms with Crippen molar-refractivity contribution in [1.82, 2.24) is 0 Å². The minimum atomic E-state index is -1.96. The van der Waals surface area contributed by atoms with Crippen LogP contribution in [-0.2, 0) is 33.0 Å². The van der Waals surface area contributed by atoms with E-state index in [4.69, 9.17) is 18.6 Å². The molecule has 4 aliphatic rings. The van der Waals surface area contributed by atoms with Crippen molar-refractivity contribution < 1.29 is 38.1 Å². The van der Waals surface area contributed by atoms with E-state index in [0.29, 0.717) is 43.1 Å². The fourth-order valence-corrected chi connectivity index (χ4v) is 12.4. The molecule has 4 saturated carbocycles. The first-order chi connectivity index (χ1) is 23.7. The third-order valence-electron chi connectivity index (χ3n) is 14.8. The average Bonchev–Trinajstić information content (AvgIpc) is 3.26. The number of esters is 3. The van der Waals surface area contributed by atoms with Gasteiger partial charge in [-0.05, 0) is 150 Å². The van der Waals surface area contributed by atoms with Gasteiger partial charge in [-0.1, -0.05) is 60.1 Å². The Morgan fingerprint density at radius 3 is 2.13 bits per heavy atom. The molecule has 0 radical (unpaired) electrons. The Balaban J connectivity index is 1.74. The molecule has 10 atom stereocenters. The first-order valence-corrected chi connectivity index (χ1v) is 22.9. The highest BCUT2D eigenvalue weighted by Crippen LogP contribution is 2.74. The summed E-state index contributed by atoms with van der Waals surface area (Å²) in [4.78, 5) is 39.2. The van der Waals surface area contributed by atoms with Crippen LogP contribution in [0.15, 0.2) is 22.8 Å². The predicted octanol–water partition coefficient (Wildman–Crippen LogP) is 9.70. The Kier molecular flexibility index (Phi) is 12.3. The molecule has 0 saturated heterocycles. The fourth-order valence-electron chi connectivity index (χ4n) is 10.9. The lowest BCUT2D eigenvalue weighted by molar-refractivity contribution is -0.233. The van der Waals surface area contributed by atoms with Crippen LogP contribution in [0.3, 0.4) is 0 Å². The molecule has 4 fully saturated rings. The monoisotopic (exact) mass is 744 g/mol. The summed E-state index contributed by atoms with van der Waals surface area (Å²) in [6, 6.07) is 0. The maximum absolute atomic E-state index is 14.1. The van der Waals surface area contributed by atoms with Gasteiger partial charge in [-0.2, -0.15) is 0 Å². The summed E-state index contributed by atoms with van der Waals surface area (Å²) in [6.07, 6.45) is 7.15. The minimum absolute atomic E-state index is 0.0477. The average molecular weight is 745 g/mol. The van der Waals surface area contributed by atoms with E-state index < -0.39 is 50.6 Å². The van der Waals surface area contributed by atoms with Crippen LogP contribution in [0.1, 0.15) is 141 Å². The Morgan fingerprint density at radius 1 is 0.942 bits per heavy atom. The van der Waals surface area contributed by atoms with Crippen LogP contribution < -0.4 is 0 Å². The summed E-state index contributed by atoms with van der Waals surface area (Å²) in [5, 5.41) is 12.6. The molecule has 0 amide bonds. The van der Waals surface area contributed by atoms with Gasteiger partial charge in [-0.15, -0.1) is 0 Å². The van der Waals surface area contributed by atoms with E-state index in [2.05, 4.69) is 67.6 Å². The molecular weight excluding hydrogens is 673 g/mol. The van der Waals surface area contributed by atoms with Crippen LogP contribution in [0.25, 0.3) is 0 Å². The zero-order chi connectivity index (χ0) is 39.4. The van der Waals surface area contributed by atoms with E-state index >= 15 is 0 Å². The molecule has 296 valence electrons. The fraction of sp³-hybridized carbons (Fsp3) is 0.837. The van der Waals surface area contributed by atoms with Gasteiger partial charge in [0.05, 0.1) is 11.5 Å². The standard InChI is InChI=1S/C43H72O8Si/c1-26(2)17-16-18-29(37(46)48-25-49-38(47)39(5,6)7)35-31-23-32(45)36-41(11)21-20-33(51-52(14,15)40(8,9)10)27(3)30(41)19-22-42(36,12)43(31,13)24-34(35)50-28(4)44/h17,27,30-34,36,45H,16,18-25H2,1-15H3/b35-29-/t27-,30-,31-,32+,33+,34-,36-,41-,42-,43-/m0/s1. The van der Waals surface area contributed by atoms with Crippen LogP contribution in [0, 0.1) is 45.3 Å². The Labute approximate surface area is 316 Å². The second-order valence-corrected chi connectivity index (χ2v) is 25.2. The smallest absolute Gasteiger partial charge is 0.336 e. The van der Waals surface area contributed by atoms with Gasteiger partial charge in [0, 0.05) is 18.6 Å². The van der Waals surface area contributed by atoms with Gasteiger partial charge in [-0.3, -0.25) is 9.59 Å². The van der Waals surface area contributed by atoms with Crippen molar-refractivity contribution in [2.24, 2.45) is 45.3 Å². The molecule has 0 aromatic carbocycles. The number of rotatable bonds is 9. The van der Waals surface area contributed by atoms with Crippen molar-refractivity contribution in [2.75, 3.05) is 6.79 Å². The molecule has 9 heteroatoms. The highest BCUT2D eigenvalue weighted by Gasteiger charge is 2.71. The van der Waals surface area contributed by atoms with Gasteiger partial charge in [0.2, 0.25) is 6.79 Å². The van der Waals surface area contributed by atoms with E-state index in [0.717, 1.165) is 36.8 Å². The number of aliphatic hydroxyl groups is 1. The zero-order valence-electron chi connectivity index (χ0n) is 35.3. The summed E-state index contributed by atoms with van der Waals surface area (Å²) in [6.45, 7) is 31.4. The number of ether oxygens (including phenoxy) is 3. The van der Waals surface area contributed by atoms with Crippen molar-refractivity contribution in [3.05, 3.63) is 22.8 Å². The van der Waals surface area contributed by atoms with Gasteiger partial charge in [0.25, 0.3) is 0 Å². The number of hydrogen-bond donors (Lipinski definition) is 1. The summed E-state index contributed by atoms with van der Waals surface area (Å²) in [5.41, 5.74) is 0.937. The third kappa shape index (κ3) is 7.89. The van der Waals surface area contributed by atoms with Crippen LogP contribution >= 0.6 is 0 Å². The van der Waals surface area contributed by atoms with Crippen LogP contribution in [0.5, 0.6) is 0 Å². The lowest BCUT2D eigenvalue weighted by atomic mass is 9.36. The topological polar surface area (TPSA) is 108 Å². The van der Waals surface area contributed by atoms with Crippen molar-refractivity contribution in [3.8, 4) is 0 Å². The number of hydrogen-bond acceptors (Lipinski definition) is 8. The first kappa shape index (κ1) is 42.8. The van der Waals surface area contributed by atoms with E-state index in [9.17, 15) is 19.5 Å². The molecular formula is C43H72O8Si. The van der Waals surface area contributed by atoms with E-state index in [1.54, 1.807) is 20.8 Å². The van der Waals surface area contributed by atoms with E-state index in [-0.39, 0.29) is 39.2 Å². The highest BCUT2D eigenvalue weighted by molar-refractivity contribution is 6.74. The second kappa shape index (κ2) is 14.9. The van der Waals surface area contributed by atoms with E-state index in [1.165, 1.54) is 6.92 Å². The van der Waals surface area contributed by atoms with Gasteiger partial charge in [0.15, 0.2) is 8.32 Å². The molecule has 0 unspecified atom stereocenters. The Morgan fingerprint density at radius 2 is 1.58 bits per heavy atom. The number of aliphatic hydroxyl groups excluding tert-OH is 1. The van der Waals surface area contributed by atoms with E-state index in [1.807, 2.05) is 13.8 Å². The summed E-state index contributed by atoms with van der Waals surface area (Å²) in [5.74, 6) is -0.749. The van der Waals surface area contributed by atoms with Gasteiger partial charge in [0.1, 0.15) is 6.10 Å². The maximum Gasteiger partial charge on any atom is 0.336 e. The van der Waals surface area contributed by atoms with Crippen molar-refractivity contribution in [1.29, 1.82) is 0 Å². The maximum atomic E-state index is 14.1. The third-order valence-corrected chi connectivity index (χ3v) is 19.3. The van der Waals surface area contributed by atoms with Crippen molar-refractivity contribution in [2.45, 2.75) is 178 Å². The summed E-state index contributed by atoms with van der Waals surface area (Å²) in [7, 11) is -1.96. The largest absolute Gasteiger partial charge is 0.458 e. The predicted molar refractivity (Wildman–Crippen MR) is 207 cm³/mol. The summed E-state index contributed by atoms with van der Waals surface area (Å²) >= 11 is 0. The van der Waals surface area contributed by atoms with Crippen molar-refractivity contribution in [3.63, 3.8) is 0 Å². The lowest BCUT2D eigenvalue weighted by Crippen LogP contribution is -2.66. The van der Waals surface area contributed by atoms with Gasteiger partial charge in [-0.25, -0.2) is 4.79 Å². The molecule has 1 N–H and O–H groups in total. The summed E-state index contributed by atoms with van der Waals surface area (Å²) < 4.78 is 24.2. The Hall–Kier alpha value is -1.97. The van der Waals surface area contributed by atoms with Gasteiger partial charge < -0.3 is 23.7 Å². The molecule has 0 heterocycles. The molecule has 8 nitrogen and oxygen atoms in total. The molecule has 0 aromatic rings. The minimum Gasteiger partial charge on any atom is -0.458 e. The van der Waals surface area contributed by atoms with Crippen LogP contribution in [0.2, 0.25) is 18.1 Å². The number of carbonyl (C=O) groups is 3. The molecule has 0 bridgehead atoms. The molecule has 0 spiro atoms. The molecule has 52 heavy (non-hydrogen) atoms. The number of fused-ring (bicyclic) bond motifs is 5. The zero-order valence-corrected chi connectivity index (χ0v) is 36.3. The van der Waals surface area contributed by atoms with Crippen LogP contribution in [-0.4, -0.2) is 56.4 Å². The molecule has 4 aliphatic carbocycles. The Bertz CT molecular complexity index is 1430. The number of carbonyl (C=O) groups excluding carboxylic acids is 3. The lowest BCUT2D eigenvalue weighted by Gasteiger charge is -2.69. The van der Waals surface area contributed by atoms with Crippen molar-refractivity contribution >= 4 is 26.2 Å². The van der Waals surface area contributed by atoms with Crippen LogP contribution in [0.4, 0.5) is 0 Å². The number of allylic oxidation sites excluding steroid dienone is 2. The normalized spacial score (nSPS) is 37.2. The molecule has 4 rings (SSSR count). The first-order valence-electron chi connectivity index (χ1n) is 19.9. The molecule has 0 aliphatic heterocycles. The molecule has 0 aromatic heterocycles.